The molecular formula is C13H19NO2S. The van der Waals surface area contributed by atoms with Crippen LogP contribution < -0.4 is 5.73 Å². The lowest BCUT2D eigenvalue weighted by atomic mass is 10.1. The largest absolute Gasteiger partial charge is 0.465 e. The summed E-state index contributed by atoms with van der Waals surface area (Å²) in [7, 11) is 1.38. The number of nitrogens with two attached hydrogens (primary N) is 1. The molecule has 1 aromatic rings. The lowest BCUT2D eigenvalue weighted by Crippen LogP contribution is -2.09. The number of anilines is 1. The Labute approximate surface area is 107 Å². The van der Waals surface area contributed by atoms with Gasteiger partial charge < -0.3 is 10.5 Å². The van der Waals surface area contributed by atoms with Crippen molar-refractivity contribution in [1.29, 1.82) is 0 Å². The van der Waals surface area contributed by atoms with Crippen LogP contribution in [0.1, 0.15) is 35.7 Å². The third kappa shape index (κ3) is 3.97. The molecule has 94 valence electrons. The minimum Gasteiger partial charge on any atom is -0.465 e. The molecule has 2 N–H and O–H groups in total. The van der Waals surface area contributed by atoms with E-state index in [4.69, 9.17) is 10.5 Å². The zero-order valence-corrected chi connectivity index (χ0v) is 11.2. The van der Waals surface area contributed by atoms with Crippen LogP contribution >= 0.6 is 11.8 Å². The van der Waals surface area contributed by atoms with Crippen molar-refractivity contribution in [3.8, 4) is 0 Å². The predicted octanol–water partition coefficient (Wildman–Crippen LogP) is 3.09. The van der Waals surface area contributed by atoms with Gasteiger partial charge >= 0.3 is 5.97 Å². The Kier molecular flexibility index (Phi) is 5.91. The minimum atomic E-state index is -0.353. The Morgan fingerprint density at radius 1 is 1.47 bits per heavy atom. The molecule has 0 saturated heterocycles. The van der Waals surface area contributed by atoms with Crippen LogP contribution in [0.2, 0.25) is 0 Å². The van der Waals surface area contributed by atoms with Gasteiger partial charge in [-0.15, -0.1) is 0 Å². The van der Waals surface area contributed by atoms with Crippen LogP contribution in [-0.4, -0.2) is 18.8 Å². The highest BCUT2D eigenvalue weighted by atomic mass is 32.2. The Morgan fingerprint density at radius 3 is 2.88 bits per heavy atom. The fraction of sp³-hybridized carbons (Fsp3) is 0.462. The highest BCUT2D eigenvalue weighted by Gasteiger charge is 2.14. The van der Waals surface area contributed by atoms with Crippen molar-refractivity contribution in [3.63, 3.8) is 0 Å². The fourth-order valence-electron chi connectivity index (χ4n) is 1.52. The van der Waals surface area contributed by atoms with Crippen LogP contribution in [0.5, 0.6) is 0 Å². The molecule has 0 saturated carbocycles. The minimum absolute atomic E-state index is 0.353. The number of thioether (sulfide) groups is 1. The van der Waals surface area contributed by atoms with Gasteiger partial charge in [-0.2, -0.15) is 11.8 Å². The summed E-state index contributed by atoms with van der Waals surface area (Å²) in [5, 5.41) is 0. The van der Waals surface area contributed by atoms with Gasteiger partial charge in [-0.25, -0.2) is 4.79 Å². The number of carbonyl (C=O) groups excluding carboxylic acids is 1. The second-order valence-corrected chi connectivity index (χ2v) is 4.88. The molecule has 0 amide bonds. The van der Waals surface area contributed by atoms with E-state index in [-0.39, 0.29) is 5.97 Å². The zero-order chi connectivity index (χ0) is 12.7. The molecule has 0 atom stereocenters. The van der Waals surface area contributed by atoms with E-state index >= 15 is 0 Å². The maximum atomic E-state index is 11.6. The van der Waals surface area contributed by atoms with E-state index in [1.807, 2.05) is 23.9 Å². The zero-order valence-electron chi connectivity index (χ0n) is 10.4. The third-order valence-corrected chi connectivity index (χ3v) is 3.56. The Balaban J connectivity index is 2.76. The van der Waals surface area contributed by atoms with Gasteiger partial charge in [-0.3, -0.25) is 0 Å². The lowest BCUT2D eigenvalue weighted by molar-refractivity contribution is 0.0601. The van der Waals surface area contributed by atoms with Crippen LogP contribution in [0.3, 0.4) is 0 Å². The highest BCUT2D eigenvalue weighted by Crippen LogP contribution is 2.23. The van der Waals surface area contributed by atoms with E-state index in [9.17, 15) is 4.79 Å². The molecule has 1 rings (SSSR count). The lowest BCUT2D eigenvalue weighted by Gasteiger charge is -2.10. The molecule has 0 aromatic heterocycles. The van der Waals surface area contributed by atoms with Gasteiger partial charge in [0.1, 0.15) is 0 Å². The number of nitrogen functional groups attached to an aromatic ring is 1. The molecule has 0 spiro atoms. The second kappa shape index (κ2) is 7.22. The number of ether oxygens (including phenoxy) is 1. The average Bonchev–Trinajstić information content (AvgIpc) is 2.34. The standard InChI is InChI=1S/C13H19NO2S/c1-3-4-8-17-9-10-6-5-7-11(14)12(10)13(15)16-2/h5-7H,3-4,8-9,14H2,1-2H3. The number of carbonyl (C=O) groups is 1. The number of unbranched alkanes of at least 4 members (excludes halogenated alkanes) is 1. The number of rotatable bonds is 6. The van der Waals surface area contributed by atoms with Crippen LogP contribution in [0, 0.1) is 0 Å². The first-order valence-corrected chi connectivity index (χ1v) is 6.89. The van der Waals surface area contributed by atoms with E-state index in [0.29, 0.717) is 11.3 Å². The van der Waals surface area contributed by atoms with Crippen molar-refractivity contribution in [2.24, 2.45) is 0 Å². The number of methoxy groups -OCH3 is 1. The predicted molar refractivity (Wildman–Crippen MR) is 73.3 cm³/mol. The maximum absolute atomic E-state index is 11.6. The number of hydrogen-bond acceptors (Lipinski definition) is 4. The summed E-state index contributed by atoms with van der Waals surface area (Å²) < 4.78 is 4.76. The topological polar surface area (TPSA) is 52.3 Å². The molecular weight excluding hydrogens is 234 g/mol. The number of hydrogen-bond donors (Lipinski definition) is 1. The van der Waals surface area contributed by atoms with Crippen LogP contribution in [-0.2, 0) is 10.5 Å². The number of esters is 1. The van der Waals surface area contributed by atoms with Gasteiger partial charge in [-0.1, -0.05) is 25.5 Å². The van der Waals surface area contributed by atoms with Gasteiger partial charge in [-0.05, 0) is 23.8 Å². The first-order chi connectivity index (χ1) is 8.20. The summed E-state index contributed by atoms with van der Waals surface area (Å²) >= 11 is 1.82. The molecule has 0 aliphatic rings. The fourth-order valence-corrected chi connectivity index (χ4v) is 2.62. The molecule has 1 aromatic carbocycles. The molecule has 0 radical (unpaired) electrons. The van der Waals surface area contributed by atoms with Gasteiger partial charge in [0, 0.05) is 11.4 Å². The summed E-state index contributed by atoms with van der Waals surface area (Å²) in [6.45, 7) is 2.17. The molecule has 0 bridgehead atoms. The molecule has 0 fully saturated rings. The van der Waals surface area contributed by atoms with Gasteiger partial charge in [0.05, 0.1) is 12.7 Å². The molecule has 17 heavy (non-hydrogen) atoms. The van der Waals surface area contributed by atoms with E-state index in [0.717, 1.165) is 17.1 Å². The van der Waals surface area contributed by atoms with Crippen LogP contribution in [0.25, 0.3) is 0 Å². The molecule has 0 heterocycles. The normalized spacial score (nSPS) is 10.2. The van der Waals surface area contributed by atoms with Crippen molar-refractivity contribution in [1.82, 2.24) is 0 Å². The first-order valence-electron chi connectivity index (χ1n) is 5.74. The summed E-state index contributed by atoms with van der Waals surface area (Å²) in [6.07, 6.45) is 2.38. The summed E-state index contributed by atoms with van der Waals surface area (Å²) in [6, 6.07) is 5.53. The quantitative estimate of drug-likeness (QED) is 0.481. The Hall–Kier alpha value is -1.16. The van der Waals surface area contributed by atoms with Crippen molar-refractivity contribution >= 4 is 23.4 Å². The smallest absolute Gasteiger partial charge is 0.340 e. The molecule has 4 heteroatoms. The van der Waals surface area contributed by atoms with Crippen LogP contribution in [0.15, 0.2) is 18.2 Å². The van der Waals surface area contributed by atoms with Crippen LogP contribution in [0.4, 0.5) is 5.69 Å². The van der Waals surface area contributed by atoms with E-state index in [1.54, 1.807) is 6.07 Å². The van der Waals surface area contributed by atoms with Gasteiger partial charge in [0.2, 0.25) is 0 Å². The molecule has 3 nitrogen and oxygen atoms in total. The highest BCUT2D eigenvalue weighted by molar-refractivity contribution is 7.98. The van der Waals surface area contributed by atoms with Crippen molar-refractivity contribution in [3.05, 3.63) is 29.3 Å². The van der Waals surface area contributed by atoms with Crippen molar-refractivity contribution < 1.29 is 9.53 Å². The molecule has 0 aliphatic carbocycles. The Bertz CT molecular complexity index is 380. The summed E-state index contributed by atoms with van der Waals surface area (Å²) in [5.74, 6) is 1.55. The van der Waals surface area contributed by atoms with E-state index in [2.05, 4.69) is 6.92 Å². The number of benzene rings is 1. The molecule has 0 aliphatic heterocycles. The Morgan fingerprint density at radius 2 is 2.24 bits per heavy atom. The second-order valence-electron chi connectivity index (χ2n) is 3.78. The summed E-state index contributed by atoms with van der Waals surface area (Å²) in [5.41, 5.74) is 7.78. The van der Waals surface area contributed by atoms with E-state index < -0.39 is 0 Å². The van der Waals surface area contributed by atoms with Crippen molar-refractivity contribution in [2.75, 3.05) is 18.6 Å². The third-order valence-electron chi connectivity index (χ3n) is 2.47. The van der Waals surface area contributed by atoms with Gasteiger partial charge in [0.15, 0.2) is 0 Å². The summed E-state index contributed by atoms with van der Waals surface area (Å²) in [4.78, 5) is 11.6. The SMILES string of the molecule is CCCCSCc1cccc(N)c1C(=O)OC. The molecule has 0 unspecified atom stereocenters. The van der Waals surface area contributed by atoms with Crippen molar-refractivity contribution in [2.45, 2.75) is 25.5 Å². The monoisotopic (exact) mass is 253 g/mol. The first kappa shape index (κ1) is 13.9. The van der Waals surface area contributed by atoms with Gasteiger partial charge in [0.25, 0.3) is 0 Å². The average molecular weight is 253 g/mol. The van der Waals surface area contributed by atoms with E-state index in [1.165, 1.54) is 20.0 Å². The maximum Gasteiger partial charge on any atom is 0.340 e.